The summed E-state index contributed by atoms with van der Waals surface area (Å²) in [5, 5.41) is 22.9. The summed E-state index contributed by atoms with van der Waals surface area (Å²) in [4.78, 5) is 18.6. The van der Waals surface area contributed by atoms with Crippen molar-refractivity contribution in [2.24, 2.45) is 4.99 Å². The Kier molecular flexibility index (Phi) is 4.29. The van der Waals surface area contributed by atoms with E-state index in [2.05, 4.69) is 9.98 Å². The number of nitrogens with zero attached hydrogens (tertiary/aromatic N) is 3. The third-order valence-electron chi connectivity index (χ3n) is 4.02. The van der Waals surface area contributed by atoms with Crippen LogP contribution >= 0.6 is 0 Å². The van der Waals surface area contributed by atoms with Crippen LogP contribution in [0.3, 0.4) is 0 Å². The monoisotopic (exact) mass is 376 g/mol. The Labute approximate surface area is 157 Å². The lowest BCUT2D eigenvalue weighted by Crippen LogP contribution is -2.01. The van der Waals surface area contributed by atoms with Crippen molar-refractivity contribution in [2.45, 2.75) is 0 Å². The SMILES string of the molecule is O=[N+]([O-])c1cccc(C=Nc2ccc3nc(-c4cccc(F)c4)oc3c2)c1[O-]. The largest absolute Gasteiger partial charge is 0.867 e. The van der Waals surface area contributed by atoms with Gasteiger partial charge >= 0.3 is 0 Å². The number of aliphatic imine (C=N–C) groups is 1. The lowest BCUT2D eigenvalue weighted by atomic mass is 10.2. The van der Waals surface area contributed by atoms with Crippen molar-refractivity contribution < 1.29 is 18.8 Å². The van der Waals surface area contributed by atoms with Gasteiger partial charge in [-0.15, -0.1) is 0 Å². The lowest BCUT2D eigenvalue weighted by molar-refractivity contribution is -0.398. The van der Waals surface area contributed by atoms with Crippen molar-refractivity contribution in [1.29, 1.82) is 0 Å². The summed E-state index contributed by atoms with van der Waals surface area (Å²) in [6.45, 7) is 0. The van der Waals surface area contributed by atoms with E-state index in [4.69, 9.17) is 4.42 Å². The third kappa shape index (κ3) is 3.30. The molecule has 0 aliphatic carbocycles. The highest BCUT2D eigenvalue weighted by atomic mass is 19.1. The Morgan fingerprint density at radius 3 is 2.71 bits per heavy atom. The van der Waals surface area contributed by atoms with E-state index in [9.17, 15) is 19.6 Å². The molecule has 1 aromatic heterocycles. The van der Waals surface area contributed by atoms with Gasteiger partial charge in [-0.05, 0) is 41.6 Å². The minimum Gasteiger partial charge on any atom is -0.867 e. The van der Waals surface area contributed by atoms with E-state index in [0.29, 0.717) is 22.4 Å². The van der Waals surface area contributed by atoms with Gasteiger partial charge in [0.05, 0.1) is 10.6 Å². The molecule has 0 radical (unpaired) electrons. The second kappa shape index (κ2) is 6.92. The fraction of sp³-hybridized carbons (Fsp3) is 0. The smallest absolute Gasteiger partial charge is 0.262 e. The standard InChI is InChI=1S/C20H12FN3O4/c21-14-5-1-3-12(9-14)20-23-16-8-7-15(10-18(16)28-20)22-11-13-4-2-6-17(19(13)25)24(26)27/h1-11,25H/p-1. The number of rotatable bonds is 4. The number of halogens is 1. The fourth-order valence-electron chi connectivity index (χ4n) is 2.67. The van der Waals surface area contributed by atoms with Gasteiger partial charge in [-0.2, -0.15) is 0 Å². The highest BCUT2D eigenvalue weighted by Crippen LogP contribution is 2.29. The molecule has 3 aromatic carbocycles. The first-order valence-corrected chi connectivity index (χ1v) is 8.16. The van der Waals surface area contributed by atoms with Gasteiger partial charge in [-0.25, -0.2) is 9.37 Å². The lowest BCUT2D eigenvalue weighted by Gasteiger charge is -2.09. The average molecular weight is 376 g/mol. The van der Waals surface area contributed by atoms with Crippen molar-refractivity contribution in [2.75, 3.05) is 0 Å². The number of hydrogen-bond acceptors (Lipinski definition) is 6. The maximum atomic E-state index is 13.4. The molecule has 0 aliphatic heterocycles. The maximum Gasteiger partial charge on any atom is 0.262 e. The first kappa shape index (κ1) is 17.3. The fourth-order valence-corrected chi connectivity index (χ4v) is 2.67. The Morgan fingerprint density at radius 1 is 1.11 bits per heavy atom. The van der Waals surface area contributed by atoms with Crippen LogP contribution < -0.4 is 5.11 Å². The molecular formula is C20H11FN3O4-. The molecule has 4 aromatic rings. The van der Waals surface area contributed by atoms with Gasteiger partial charge in [0.25, 0.3) is 5.69 Å². The van der Waals surface area contributed by atoms with Crippen molar-refractivity contribution in [3.8, 4) is 17.2 Å². The summed E-state index contributed by atoms with van der Waals surface area (Å²) < 4.78 is 19.1. The van der Waals surface area contributed by atoms with Crippen LogP contribution in [0, 0.1) is 15.9 Å². The van der Waals surface area contributed by atoms with Crippen molar-refractivity contribution in [1.82, 2.24) is 4.98 Å². The van der Waals surface area contributed by atoms with Gasteiger partial charge < -0.3 is 9.52 Å². The van der Waals surface area contributed by atoms with E-state index in [1.54, 1.807) is 30.3 Å². The number of fused-ring (bicyclic) bond motifs is 1. The van der Waals surface area contributed by atoms with E-state index in [-0.39, 0.29) is 11.5 Å². The van der Waals surface area contributed by atoms with Gasteiger partial charge in [0, 0.05) is 23.9 Å². The molecule has 0 fully saturated rings. The summed E-state index contributed by atoms with van der Waals surface area (Å²) >= 11 is 0. The molecule has 0 saturated carbocycles. The van der Waals surface area contributed by atoms with Crippen LogP contribution in [-0.2, 0) is 0 Å². The Hall–Kier alpha value is -4.07. The average Bonchev–Trinajstić information content (AvgIpc) is 3.10. The van der Waals surface area contributed by atoms with E-state index < -0.39 is 22.2 Å². The molecule has 0 saturated heterocycles. The van der Waals surface area contributed by atoms with Gasteiger partial charge in [-0.3, -0.25) is 15.1 Å². The van der Waals surface area contributed by atoms with Crippen LogP contribution in [-0.4, -0.2) is 16.1 Å². The normalized spacial score (nSPS) is 11.3. The van der Waals surface area contributed by atoms with Crippen molar-refractivity contribution in [3.05, 3.63) is 82.2 Å². The quantitative estimate of drug-likeness (QED) is 0.299. The van der Waals surface area contributed by atoms with Gasteiger partial charge in [0.15, 0.2) is 5.58 Å². The summed E-state index contributed by atoms with van der Waals surface area (Å²) in [6, 6.07) is 14.9. The molecule has 0 amide bonds. The molecule has 4 rings (SSSR count). The molecule has 8 heteroatoms. The minimum absolute atomic E-state index is 0.104. The van der Waals surface area contributed by atoms with Crippen LogP contribution in [0.2, 0.25) is 0 Å². The van der Waals surface area contributed by atoms with E-state index in [1.807, 2.05) is 0 Å². The zero-order valence-corrected chi connectivity index (χ0v) is 14.2. The molecule has 0 bridgehead atoms. The predicted molar refractivity (Wildman–Crippen MR) is 99.2 cm³/mol. The summed E-state index contributed by atoms with van der Waals surface area (Å²) in [5.41, 5.74) is 1.59. The summed E-state index contributed by atoms with van der Waals surface area (Å²) in [7, 11) is 0. The molecular weight excluding hydrogens is 365 g/mol. The number of aromatic nitrogens is 1. The maximum absolute atomic E-state index is 13.4. The second-order valence-corrected chi connectivity index (χ2v) is 5.89. The molecule has 7 nitrogen and oxygen atoms in total. The minimum atomic E-state index is -0.728. The Morgan fingerprint density at radius 2 is 1.93 bits per heavy atom. The van der Waals surface area contributed by atoms with Crippen LogP contribution in [0.15, 0.2) is 70.1 Å². The Balaban J connectivity index is 1.66. The van der Waals surface area contributed by atoms with Crippen LogP contribution in [0.25, 0.3) is 22.6 Å². The topological polar surface area (TPSA) is 105 Å². The zero-order chi connectivity index (χ0) is 19.7. The van der Waals surface area contributed by atoms with E-state index in [1.165, 1.54) is 30.5 Å². The highest BCUT2D eigenvalue weighted by molar-refractivity contribution is 5.88. The predicted octanol–water partition coefficient (Wildman–Crippen LogP) is 4.37. The molecule has 0 unspecified atom stereocenters. The molecule has 0 N–H and O–H groups in total. The van der Waals surface area contributed by atoms with Gasteiger partial charge in [0.1, 0.15) is 11.3 Å². The third-order valence-corrected chi connectivity index (χ3v) is 4.02. The van der Waals surface area contributed by atoms with Crippen LogP contribution in [0.1, 0.15) is 5.56 Å². The van der Waals surface area contributed by atoms with Crippen LogP contribution in [0.4, 0.5) is 15.8 Å². The first-order valence-electron chi connectivity index (χ1n) is 8.16. The van der Waals surface area contributed by atoms with Crippen molar-refractivity contribution >= 4 is 28.7 Å². The van der Waals surface area contributed by atoms with Gasteiger partial charge in [-0.1, -0.05) is 18.2 Å². The Bertz CT molecular complexity index is 1230. The highest BCUT2D eigenvalue weighted by Gasteiger charge is 2.10. The molecule has 28 heavy (non-hydrogen) atoms. The first-order chi connectivity index (χ1) is 13.5. The number of hydrogen-bond donors (Lipinski definition) is 0. The number of para-hydroxylation sites is 1. The van der Waals surface area contributed by atoms with E-state index in [0.717, 1.165) is 6.07 Å². The van der Waals surface area contributed by atoms with E-state index >= 15 is 0 Å². The number of benzene rings is 3. The molecule has 138 valence electrons. The van der Waals surface area contributed by atoms with Gasteiger partial charge in [0.2, 0.25) is 5.89 Å². The molecule has 1 heterocycles. The van der Waals surface area contributed by atoms with Crippen molar-refractivity contribution in [3.63, 3.8) is 0 Å². The molecule has 0 spiro atoms. The molecule has 0 atom stereocenters. The second-order valence-electron chi connectivity index (χ2n) is 5.89. The number of nitro benzene ring substituents is 1. The van der Waals surface area contributed by atoms with Crippen LogP contribution in [0.5, 0.6) is 5.75 Å². The molecule has 0 aliphatic rings. The number of nitro groups is 1. The zero-order valence-electron chi connectivity index (χ0n) is 14.2. The summed E-state index contributed by atoms with van der Waals surface area (Å²) in [6.07, 6.45) is 1.26. The summed E-state index contributed by atoms with van der Waals surface area (Å²) in [5.74, 6) is -0.822. The number of oxazole rings is 1.